The summed E-state index contributed by atoms with van der Waals surface area (Å²) in [5, 5.41) is 0. The van der Waals surface area contributed by atoms with Crippen molar-refractivity contribution in [1.82, 2.24) is 0 Å². The maximum Gasteiger partial charge on any atom is 0.125 e. The first-order chi connectivity index (χ1) is 5.57. The van der Waals surface area contributed by atoms with Crippen molar-refractivity contribution in [3.05, 3.63) is 23.8 Å². The minimum Gasteiger partial charge on any atom is -0.487 e. The molecule has 0 aliphatic carbocycles. The highest BCUT2D eigenvalue weighted by Crippen LogP contribution is 2.35. The molecule has 1 heterocycles. The molecule has 0 atom stereocenters. The molecule has 1 aromatic rings. The van der Waals surface area contributed by atoms with Crippen molar-refractivity contribution in [1.29, 1.82) is 0 Å². The van der Waals surface area contributed by atoms with Crippen molar-refractivity contribution in [2.75, 3.05) is 5.73 Å². The highest BCUT2D eigenvalue weighted by atomic mass is 16.5. The van der Waals surface area contributed by atoms with Crippen LogP contribution in [0.3, 0.4) is 0 Å². The Labute approximate surface area is 72.3 Å². The predicted molar refractivity (Wildman–Crippen MR) is 49.3 cm³/mol. The highest BCUT2D eigenvalue weighted by Gasteiger charge is 2.29. The molecular weight excluding hydrogens is 150 g/mol. The maximum absolute atomic E-state index is 5.70. The number of anilines is 1. The number of rotatable bonds is 0. The largest absolute Gasteiger partial charge is 0.487 e. The monoisotopic (exact) mass is 163 g/mol. The van der Waals surface area contributed by atoms with E-state index in [1.54, 1.807) is 0 Å². The van der Waals surface area contributed by atoms with E-state index in [0.29, 0.717) is 0 Å². The van der Waals surface area contributed by atoms with Gasteiger partial charge in [0.2, 0.25) is 0 Å². The molecular formula is C10H13NO. The lowest BCUT2D eigenvalue weighted by atomic mass is 10.0. The number of hydrogen-bond acceptors (Lipinski definition) is 2. The lowest BCUT2D eigenvalue weighted by Gasteiger charge is -2.16. The minimum atomic E-state index is -0.0594. The first-order valence-electron chi connectivity index (χ1n) is 4.14. The summed E-state index contributed by atoms with van der Waals surface area (Å²) >= 11 is 0. The lowest BCUT2D eigenvalue weighted by Crippen LogP contribution is -2.24. The third kappa shape index (κ3) is 1.13. The van der Waals surface area contributed by atoms with Crippen molar-refractivity contribution in [2.45, 2.75) is 25.9 Å². The Morgan fingerprint density at radius 2 is 2.17 bits per heavy atom. The molecule has 2 rings (SSSR count). The minimum absolute atomic E-state index is 0.0594. The number of hydrogen-bond donors (Lipinski definition) is 1. The zero-order valence-corrected chi connectivity index (χ0v) is 7.42. The fraction of sp³-hybridized carbons (Fsp3) is 0.400. The Balaban J connectivity index is 2.43. The van der Waals surface area contributed by atoms with Gasteiger partial charge in [0, 0.05) is 18.2 Å². The Kier molecular flexibility index (Phi) is 1.34. The van der Waals surface area contributed by atoms with Crippen molar-refractivity contribution in [2.24, 2.45) is 0 Å². The molecule has 0 unspecified atom stereocenters. The fourth-order valence-corrected chi connectivity index (χ4v) is 1.60. The van der Waals surface area contributed by atoms with Gasteiger partial charge in [-0.15, -0.1) is 0 Å². The summed E-state index contributed by atoms with van der Waals surface area (Å²) in [5.41, 5.74) is 7.61. The Bertz CT molecular complexity index is 318. The number of nitrogen functional groups attached to an aromatic ring is 1. The van der Waals surface area contributed by atoms with Crippen LogP contribution in [-0.4, -0.2) is 5.60 Å². The number of fused-ring (bicyclic) bond motifs is 1. The molecule has 1 aromatic carbocycles. The molecule has 0 fully saturated rings. The van der Waals surface area contributed by atoms with E-state index in [2.05, 4.69) is 13.8 Å². The van der Waals surface area contributed by atoms with Gasteiger partial charge in [0.15, 0.2) is 0 Å². The molecule has 0 amide bonds. The summed E-state index contributed by atoms with van der Waals surface area (Å²) in [6.45, 7) is 4.17. The molecule has 2 nitrogen and oxygen atoms in total. The van der Waals surface area contributed by atoms with Gasteiger partial charge in [-0.3, -0.25) is 0 Å². The molecule has 2 N–H and O–H groups in total. The third-order valence-corrected chi connectivity index (χ3v) is 2.09. The second-order valence-electron chi connectivity index (χ2n) is 3.91. The van der Waals surface area contributed by atoms with Crippen LogP contribution in [0.15, 0.2) is 18.2 Å². The van der Waals surface area contributed by atoms with Crippen molar-refractivity contribution in [3.8, 4) is 5.75 Å². The van der Waals surface area contributed by atoms with E-state index in [0.717, 1.165) is 17.9 Å². The summed E-state index contributed by atoms with van der Waals surface area (Å²) in [7, 11) is 0. The van der Waals surface area contributed by atoms with Crippen LogP contribution in [0.25, 0.3) is 0 Å². The van der Waals surface area contributed by atoms with E-state index in [9.17, 15) is 0 Å². The standard InChI is InChI=1S/C10H13NO/c1-10(2)6-7-3-4-8(11)5-9(7)12-10/h3-5H,6,11H2,1-2H3. The molecule has 1 aliphatic heterocycles. The Morgan fingerprint density at radius 1 is 1.42 bits per heavy atom. The van der Waals surface area contributed by atoms with Crippen LogP contribution < -0.4 is 10.5 Å². The Hall–Kier alpha value is -1.18. The molecule has 0 spiro atoms. The van der Waals surface area contributed by atoms with Gasteiger partial charge in [0.25, 0.3) is 0 Å². The fourth-order valence-electron chi connectivity index (χ4n) is 1.60. The van der Waals surface area contributed by atoms with Gasteiger partial charge in [-0.1, -0.05) is 6.07 Å². The quantitative estimate of drug-likeness (QED) is 0.593. The van der Waals surface area contributed by atoms with E-state index < -0.39 is 0 Å². The van der Waals surface area contributed by atoms with Crippen LogP contribution >= 0.6 is 0 Å². The van der Waals surface area contributed by atoms with Gasteiger partial charge in [0.1, 0.15) is 11.4 Å². The van der Waals surface area contributed by atoms with Crippen LogP contribution in [0.1, 0.15) is 19.4 Å². The number of nitrogens with two attached hydrogens (primary N) is 1. The van der Waals surface area contributed by atoms with Gasteiger partial charge < -0.3 is 10.5 Å². The molecule has 0 radical (unpaired) electrons. The number of benzene rings is 1. The summed E-state index contributed by atoms with van der Waals surface area (Å²) in [6.07, 6.45) is 0.975. The molecule has 0 saturated heterocycles. The summed E-state index contributed by atoms with van der Waals surface area (Å²) in [6, 6.07) is 5.85. The van der Waals surface area contributed by atoms with Gasteiger partial charge >= 0.3 is 0 Å². The zero-order valence-electron chi connectivity index (χ0n) is 7.42. The third-order valence-electron chi connectivity index (χ3n) is 2.09. The first kappa shape index (κ1) is 7.47. The smallest absolute Gasteiger partial charge is 0.125 e. The SMILES string of the molecule is CC1(C)Cc2ccc(N)cc2O1. The topological polar surface area (TPSA) is 35.2 Å². The number of ether oxygens (including phenoxy) is 1. The van der Waals surface area contributed by atoms with E-state index in [1.807, 2.05) is 18.2 Å². The average molecular weight is 163 g/mol. The normalized spacial score (nSPS) is 18.5. The molecule has 1 aliphatic rings. The molecule has 0 aromatic heterocycles. The predicted octanol–water partition coefficient (Wildman–Crippen LogP) is 1.98. The van der Waals surface area contributed by atoms with Crippen LogP contribution in [0.2, 0.25) is 0 Å². The molecule has 64 valence electrons. The van der Waals surface area contributed by atoms with Crippen molar-refractivity contribution < 1.29 is 4.74 Å². The first-order valence-corrected chi connectivity index (χ1v) is 4.14. The van der Waals surface area contributed by atoms with Crippen LogP contribution in [0, 0.1) is 0 Å². The second kappa shape index (κ2) is 2.16. The van der Waals surface area contributed by atoms with E-state index >= 15 is 0 Å². The lowest BCUT2D eigenvalue weighted by molar-refractivity contribution is 0.138. The maximum atomic E-state index is 5.70. The van der Waals surface area contributed by atoms with E-state index in [4.69, 9.17) is 10.5 Å². The van der Waals surface area contributed by atoms with Crippen LogP contribution in [-0.2, 0) is 6.42 Å². The van der Waals surface area contributed by atoms with Crippen molar-refractivity contribution >= 4 is 5.69 Å². The van der Waals surface area contributed by atoms with Crippen LogP contribution in [0.4, 0.5) is 5.69 Å². The van der Waals surface area contributed by atoms with Gasteiger partial charge in [-0.25, -0.2) is 0 Å². The summed E-state index contributed by atoms with van der Waals surface area (Å²) in [5.74, 6) is 0.944. The molecule has 12 heavy (non-hydrogen) atoms. The zero-order chi connectivity index (χ0) is 8.77. The summed E-state index contributed by atoms with van der Waals surface area (Å²) < 4.78 is 5.70. The Morgan fingerprint density at radius 3 is 2.92 bits per heavy atom. The van der Waals surface area contributed by atoms with E-state index in [-0.39, 0.29) is 5.60 Å². The van der Waals surface area contributed by atoms with Crippen LogP contribution in [0.5, 0.6) is 5.75 Å². The molecule has 0 saturated carbocycles. The molecule has 2 heteroatoms. The van der Waals surface area contributed by atoms with Gasteiger partial charge in [-0.05, 0) is 25.5 Å². The highest BCUT2D eigenvalue weighted by molar-refractivity contribution is 5.50. The second-order valence-corrected chi connectivity index (χ2v) is 3.91. The average Bonchev–Trinajstić information content (AvgIpc) is 2.21. The van der Waals surface area contributed by atoms with E-state index in [1.165, 1.54) is 5.56 Å². The molecule has 0 bridgehead atoms. The van der Waals surface area contributed by atoms with Crippen molar-refractivity contribution in [3.63, 3.8) is 0 Å². The summed E-state index contributed by atoms with van der Waals surface area (Å²) in [4.78, 5) is 0. The van der Waals surface area contributed by atoms with Gasteiger partial charge in [-0.2, -0.15) is 0 Å². The van der Waals surface area contributed by atoms with Gasteiger partial charge in [0.05, 0.1) is 0 Å².